The zero-order valence-electron chi connectivity index (χ0n) is 13.3. The van der Waals surface area contributed by atoms with Crippen LogP contribution >= 0.6 is 23.5 Å². The van der Waals surface area contributed by atoms with Crippen LogP contribution in [0.25, 0.3) is 0 Å². The van der Waals surface area contributed by atoms with Crippen LogP contribution in [0, 0.1) is 5.92 Å². The monoisotopic (exact) mass is 331 g/mol. The average molecular weight is 332 g/mol. The van der Waals surface area contributed by atoms with Crippen LogP contribution in [0.2, 0.25) is 0 Å². The summed E-state index contributed by atoms with van der Waals surface area (Å²) < 4.78 is 11.8. The molecule has 0 aliphatic carbocycles. The van der Waals surface area contributed by atoms with Crippen molar-refractivity contribution in [2.45, 2.75) is 55.3 Å². The second-order valence-electron chi connectivity index (χ2n) is 6.58. The molecule has 1 N–H and O–H groups in total. The minimum atomic E-state index is 0.0340. The Labute approximate surface area is 137 Å². The van der Waals surface area contributed by atoms with Crippen molar-refractivity contribution in [3.8, 4) is 0 Å². The van der Waals surface area contributed by atoms with Crippen molar-refractivity contribution >= 4 is 23.5 Å². The van der Waals surface area contributed by atoms with E-state index in [-0.39, 0.29) is 5.60 Å². The predicted molar refractivity (Wildman–Crippen MR) is 92.5 cm³/mol. The van der Waals surface area contributed by atoms with Crippen LogP contribution in [0.3, 0.4) is 0 Å². The molecule has 3 heterocycles. The molecule has 0 aromatic carbocycles. The molecule has 5 heteroatoms. The quantitative estimate of drug-likeness (QED) is 0.856. The highest BCUT2D eigenvalue weighted by Crippen LogP contribution is 2.42. The Kier molecular flexibility index (Phi) is 5.82. The Morgan fingerprint density at radius 3 is 2.86 bits per heavy atom. The fourth-order valence-electron chi connectivity index (χ4n) is 4.07. The minimum absolute atomic E-state index is 0.0340. The molecule has 3 rings (SSSR count). The highest BCUT2D eigenvalue weighted by Gasteiger charge is 2.45. The standard InChI is InChI=1S/C16H29NO2S2/c1-3-17-14(15-12(2)20-8-9-21-15)13-4-6-19-16(10-13)5-7-18-11-16/h12-15,17H,3-11H2,1-2H3. The molecule has 0 saturated carbocycles. The number of hydrogen-bond acceptors (Lipinski definition) is 5. The summed E-state index contributed by atoms with van der Waals surface area (Å²) in [6, 6.07) is 0.629. The molecule has 0 bridgehead atoms. The van der Waals surface area contributed by atoms with Gasteiger partial charge in [-0.1, -0.05) is 13.8 Å². The van der Waals surface area contributed by atoms with Crippen molar-refractivity contribution in [3.63, 3.8) is 0 Å². The van der Waals surface area contributed by atoms with Gasteiger partial charge in [-0.2, -0.15) is 23.5 Å². The van der Waals surface area contributed by atoms with Crippen LogP contribution < -0.4 is 5.32 Å². The van der Waals surface area contributed by atoms with Crippen molar-refractivity contribution in [2.75, 3.05) is 37.9 Å². The first-order chi connectivity index (χ1) is 10.2. The molecule has 0 aromatic heterocycles. The molecule has 0 aromatic rings. The Hall–Kier alpha value is 0.580. The van der Waals surface area contributed by atoms with E-state index in [9.17, 15) is 0 Å². The van der Waals surface area contributed by atoms with Gasteiger partial charge in [-0.25, -0.2) is 0 Å². The third-order valence-corrected chi connectivity index (χ3v) is 8.35. The van der Waals surface area contributed by atoms with Gasteiger partial charge in [0.2, 0.25) is 0 Å². The van der Waals surface area contributed by atoms with E-state index in [1.54, 1.807) is 0 Å². The molecular weight excluding hydrogens is 302 g/mol. The van der Waals surface area contributed by atoms with Gasteiger partial charge in [0, 0.05) is 47.7 Å². The van der Waals surface area contributed by atoms with Gasteiger partial charge in [-0.3, -0.25) is 0 Å². The van der Waals surface area contributed by atoms with Crippen LogP contribution in [0.1, 0.15) is 33.1 Å². The minimum Gasteiger partial charge on any atom is -0.378 e. The maximum absolute atomic E-state index is 6.13. The molecule has 1 spiro atoms. The number of ether oxygens (including phenoxy) is 2. The first-order valence-corrected chi connectivity index (χ1v) is 10.5. The molecule has 5 atom stereocenters. The van der Waals surface area contributed by atoms with Crippen LogP contribution in [0.15, 0.2) is 0 Å². The van der Waals surface area contributed by atoms with Crippen LogP contribution in [-0.2, 0) is 9.47 Å². The van der Waals surface area contributed by atoms with Crippen molar-refractivity contribution in [1.29, 1.82) is 0 Å². The van der Waals surface area contributed by atoms with Crippen molar-refractivity contribution in [3.05, 3.63) is 0 Å². The largest absolute Gasteiger partial charge is 0.378 e. The fraction of sp³-hybridized carbons (Fsp3) is 1.00. The second-order valence-corrected chi connectivity index (χ2v) is 9.35. The zero-order valence-corrected chi connectivity index (χ0v) is 14.9. The summed E-state index contributed by atoms with van der Waals surface area (Å²) in [4.78, 5) is 0. The molecule has 3 fully saturated rings. The van der Waals surface area contributed by atoms with E-state index < -0.39 is 0 Å². The van der Waals surface area contributed by atoms with E-state index in [4.69, 9.17) is 9.47 Å². The Balaban J connectivity index is 1.70. The van der Waals surface area contributed by atoms with Crippen molar-refractivity contribution in [1.82, 2.24) is 5.32 Å². The summed E-state index contributed by atoms with van der Waals surface area (Å²) in [6.45, 7) is 8.33. The molecule has 5 unspecified atom stereocenters. The van der Waals surface area contributed by atoms with E-state index in [2.05, 4.69) is 42.7 Å². The normalized spacial score (nSPS) is 42.3. The molecule has 3 nitrogen and oxygen atoms in total. The number of nitrogens with one attached hydrogen (secondary N) is 1. The summed E-state index contributed by atoms with van der Waals surface area (Å²) >= 11 is 4.34. The molecule has 122 valence electrons. The van der Waals surface area contributed by atoms with Gasteiger partial charge >= 0.3 is 0 Å². The highest BCUT2D eigenvalue weighted by atomic mass is 32.2. The maximum Gasteiger partial charge on any atom is 0.0939 e. The van der Waals surface area contributed by atoms with Crippen molar-refractivity contribution < 1.29 is 9.47 Å². The lowest BCUT2D eigenvalue weighted by Crippen LogP contribution is -2.53. The first-order valence-electron chi connectivity index (χ1n) is 8.42. The van der Waals surface area contributed by atoms with Crippen LogP contribution in [0.5, 0.6) is 0 Å². The number of hydrogen-bond donors (Lipinski definition) is 1. The zero-order chi connectivity index (χ0) is 14.7. The van der Waals surface area contributed by atoms with Gasteiger partial charge < -0.3 is 14.8 Å². The third kappa shape index (κ3) is 3.74. The second kappa shape index (κ2) is 7.43. The lowest BCUT2D eigenvalue weighted by Gasteiger charge is -2.45. The van der Waals surface area contributed by atoms with E-state index >= 15 is 0 Å². The molecular formula is C16H29NO2S2. The first kappa shape index (κ1) is 16.4. The lowest BCUT2D eigenvalue weighted by molar-refractivity contribution is -0.103. The van der Waals surface area contributed by atoms with E-state index in [0.29, 0.717) is 6.04 Å². The van der Waals surface area contributed by atoms with Gasteiger partial charge in [0.05, 0.1) is 12.2 Å². The Morgan fingerprint density at radius 1 is 1.29 bits per heavy atom. The van der Waals surface area contributed by atoms with Gasteiger partial charge in [0.25, 0.3) is 0 Å². The van der Waals surface area contributed by atoms with Gasteiger partial charge in [0.15, 0.2) is 0 Å². The highest BCUT2D eigenvalue weighted by molar-refractivity contribution is 8.07. The maximum atomic E-state index is 6.13. The summed E-state index contributed by atoms with van der Waals surface area (Å²) in [7, 11) is 0. The Morgan fingerprint density at radius 2 is 2.14 bits per heavy atom. The van der Waals surface area contributed by atoms with Crippen LogP contribution in [0.4, 0.5) is 0 Å². The summed E-state index contributed by atoms with van der Waals surface area (Å²) in [6.07, 6.45) is 3.47. The molecule has 3 aliphatic heterocycles. The SMILES string of the molecule is CCNC(C1CCOC2(CCOC2)C1)C1SCCSC1C. The molecule has 21 heavy (non-hydrogen) atoms. The van der Waals surface area contributed by atoms with Gasteiger partial charge in [-0.15, -0.1) is 0 Å². The van der Waals surface area contributed by atoms with Gasteiger partial charge in [-0.05, 0) is 25.3 Å². The van der Waals surface area contributed by atoms with Gasteiger partial charge in [0.1, 0.15) is 0 Å². The van der Waals surface area contributed by atoms with E-state index in [1.165, 1.54) is 24.3 Å². The number of thioether (sulfide) groups is 2. The molecule has 0 radical (unpaired) electrons. The van der Waals surface area contributed by atoms with E-state index in [1.807, 2.05) is 0 Å². The summed E-state index contributed by atoms with van der Waals surface area (Å²) in [5.41, 5.74) is 0.0340. The molecule has 3 saturated heterocycles. The Bertz CT molecular complexity index is 336. The van der Waals surface area contributed by atoms with Crippen LogP contribution in [-0.4, -0.2) is 60.0 Å². The predicted octanol–water partition coefficient (Wildman–Crippen LogP) is 2.79. The average Bonchev–Trinajstić information content (AvgIpc) is 2.93. The fourth-order valence-corrected chi connectivity index (χ4v) is 7.11. The number of rotatable bonds is 4. The lowest BCUT2D eigenvalue weighted by atomic mass is 9.79. The molecule has 3 aliphatic rings. The van der Waals surface area contributed by atoms with E-state index in [0.717, 1.165) is 49.2 Å². The smallest absolute Gasteiger partial charge is 0.0939 e. The third-order valence-electron chi connectivity index (χ3n) is 5.14. The molecule has 0 amide bonds. The summed E-state index contributed by atoms with van der Waals surface area (Å²) in [5.74, 6) is 3.35. The van der Waals surface area contributed by atoms with Crippen molar-refractivity contribution in [2.24, 2.45) is 5.92 Å². The topological polar surface area (TPSA) is 30.5 Å². The summed E-state index contributed by atoms with van der Waals surface area (Å²) in [5, 5.41) is 5.33.